The summed E-state index contributed by atoms with van der Waals surface area (Å²) < 4.78 is 37.9. The normalized spacial score (nSPS) is 30.0. The molecule has 7 heteroatoms. The zero-order valence-corrected chi connectivity index (χ0v) is 14.0. The first-order valence-electron chi connectivity index (χ1n) is 8.78. The SMILES string of the molecule is O=C(CC(F)(F)F)N1CCC([NH2+]c2ccccc2)[C@@]2(O)CCCC[C@H]12. The van der Waals surface area contributed by atoms with Crippen molar-refractivity contribution in [1.82, 2.24) is 4.90 Å². The van der Waals surface area contributed by atoms with Crippen LogP contribution in [-0.2, 0) is 4.79 Å². The molecule has 2 fully saturated rings. The minimum atomic E-state index is -4.52. The molecule has 0 bridgehead atoms. The number of nitrogens with zero attached hydrogens (tertiary/aromatic N) is 1. The summed E-state index contributed by atoms with van der Waals surface area (Å²) >= 11 is 0. The molecule has 2 aliphatic rings. The lowest BCUT2D eigenvalue weighted by Crippen LogP contribution is -2.93. The Hall–Kier alpha value is -1.60. The molecular formula is C18H24F3N2O2+. The summed E-state index contributed by atoms with van der Waals surface area (Å²) in [6.07, 6.45) is -2.77. The third-order valence-corrected chi connectivity index (χ3v) is 5.45. The lowest BCUT2D eigenvalue weighted by Gasteiger charge is -2.52. The van der Waals surface area contributed by atoms with Crippen LogP contribution >= 0.6 is 0 Å². The number of fused-ring (bicyclic) bond motifs is 1. The molecule has 1 unspecified atom stereocenters. The van der Waals surface area contributed by atoms with Crippen molar-refractivity contribution in [2.75, 3.05) is 6.54 Å². The molecular weight excluding hydrogens is 333 g/mol. The molecule has 138 valence electrons. The van der Waals surface area contributed by atoms with Crippen LogP contribution in [0.25, 0.3) is 0 Å². The van der Waals surface area contributed by atoms with Gasteiger partial charge in [0.2, 0.25) is 5.91 Å². The van der Waals surface area contributed by atoms with Crippen molar-refractivity contribution in [2.24, 2.45) is 0 Å². The van der Waals surface area contributed by atoms with Gasteiger partial charge in [-0.05, 0) is 25.0 Å². The second kappa shape index (κ2) is 6.96. The predicted molar refractivity (Wildman–Crippen MR) is 86.0 cm³/mol. The summed E-state index contributed by atoms with van der Waals surface area (Å²) in [5.41, 5.74) is -0.159. The van der Waals surface area contributed by atoms with Crippen LogP contribution in [0.4, 0.5) is 18.9 Å². The number of benzene rings is 1. The summed E-state index contributed by atoms with van der Waals surface area (Å²) in [6.45, 7) is 0.260. The van der Waals surface area contributed by atoms with E-state index in [1.165, 1.54) is 4.90 Å². The van der Waals surface area contributed by atoms with Crippen molar-refractivity contribution in [3.8, 4) is 0 Å². The predicted octanol–water partition coefficient (Wildman–Crippen LogP) is 2.11. The van der Waals surface area contributed by atoms with Crippen LogP contribution in [0.1, 0.15) is 38.5 Å². The van der Waals surface area contributed by atoms with Crippen molar-refractivity contribution < 1.29 is 28.4 Å². The van der Waals surface area contributed by atoms with Gasteiger partial charge in [0.1, 0.15) is 23.8 Å². The quantitative estimate of drug-likeness (QED) is 0.814. The standard InChI is InChI=1S/C18H23F3N2O2/c19-18(20,21)12-16(24)23-11-9-14(22-13-6-2-1-3-7-13)17(25)10-5-4-8-15(17)23/h1-3,6-7,14-15,22,25H,4-5,8-12H2/p+1/t14?,15-,17-/m0/s1. The highest BCUT2D eigenvalue weighted by Crippen LogP contribution is 2.39. The van der Waals surface area contributed by atoms with Crippen molar-refractivity contribution in [1.29, 1.82) is 0 Å². The van der Waals surface area contributed by atoms with Gasteiger partial charge in [0, 0.05) is 13.0 Å². The van der Waals surface area contributed by atoms with Gasteiger partial charge in [-0.1, -0.05) is 31.0 Å². The molecule has 1 aromatic carbocycles. The molecule has 1 aliphatic heterocycles. The lowest BCUT2D eigenvalue weighted by molar-refractivity contribution is -0.635. The van der Waals surface area contributed by atoms with Crippen LogP contribution in [0.2, 0.25) is 0 Å². The maximum Gasteiger partial charge on any atom is 0.397 e. The summed E-state index contributed by atoms with van der Waals surface area (Å²) in [7, 11) is 0. The Morgan fingerprint density at radius 2 is 1.96 bits per heavy atom. The smallest absolute Gasteiger partial charge is 0.381 e. The maximum atomic E-state index is 12.6. The zero-order chi connectivity index (χ0) is 18.1. The Labute approximate surface area is 145 Å². The number of nitrogens with two attached hydrogens (primary N) is 1. The number of amides is 1. The Kier molecular flexibility index (Phi) is 5.06. The highest BCUT2D eigenvalue weighted by Gasteiger charge is 2.54. The molecule has 1 aliphatic carbocycles. The Morgan fingerprint density at radius 3 is 2.64 bits per heavy atom. The highest BCUT2D eigenvalue weighted by molar-refractivity contribution is 5.77. The van der Waals surface area contributed by atoms with E-state index in [-0.39, 0.29) is 12.6 Å². The van der Waals surface area contributed by atoms with Gasteiger partial charge in [-0.25, -0.2) is 0 Å². The summed E-state index contributed by atoms with van der Waals surface area (Å²) in [5, 5.41) is 13.3. The Bertz CT molecular complexity index is 608. The number of alkyl halides is 3. The number of carbonyl (C=O) groups is 1. The van der Waals surface area contributed by atoms with Crippen LogP contribution < -0.4 is 5.32 Å². The molecule has 1 heterocycles. The van der Waals surface area contributed by atoms with Crippen LogP contribution in [0.5, 0.6) is 0 Å². The van der Waals surface area contributed by atoms with E-state index in [2.05, 4.69) is 0 Å². The average Bonchev–Trinajstić information content (AvgIpc) is 2.54. The van der Waals surface area contributed by atoms with Crippen LogP contribution in [-0.4, -0.2) is 46.3 Å². The fourth-order valence-electron chi connectivity index (χ4n) is 4.30. The first-order valence-corrected chi connectivity index (χ1v) is 8.78. The molecule has 3 atom stereocenters. The van der Waals surface area contributed by atoms with Gasteiger partial charge in [-0.15, -0.1) is 0 Å². The molecule has 1 saturated heterocycles. The van der Waals surface area contributed by atoms with Gasteiger partial charge in [0.05, 0.1) is 6.04 Å². The highest BCUT2D eigenvalue weighted by atomic mass is 19.4. The van der Waals surface area contributed by atoms with Gasteiger partial charge in [-0.3, -0.25) is 4.79 Å². The van der Waals surface area contributed by atoms with Gasteiger partial charge >= 0.3 is 6.18 Å². The number of rotatable bonds is 3. The molecule has 3 N–H and O–H groups in total. The van der Waals surface area contributed by atoms with Crippen LogP contribution in [0.3, 0.4) is 0 Å². The third-order valence-electron chi connectivity index (χ3n) is 5.45. The van der Waals surface area contributed by atoms with Gasteiger partial charge in [-0.2, -0.15) is 13.2 Å². The Morgan fingerprint density at radius 1 is 1.24 bits per heavy atom. The van der Waals surface area contributed by atoms with E-state index in [0.29, 0.717) is 19.3 Å². The maximum absolute atomic E-state index is 12.6. The van der Waals surface area contributed by atoms with E-state index in [1.54, 1.807) is 0 Å². The van der Waals surface area contributed by atoms with E-state index in [0.717, 1.165) is 18.5 Å². The number of hydrogen-bond donors (Lipinski definition) is 2. The molecule has 0 spiro atoms. The van der Waals surface area contributed by atoms with Crippen molar-refractivity contribution in [3.63, 3.8) is 0 Å². The fourth-order valence-corrected chi connectivity index (χ4v) is 4.30. The molecule has 1 amide bonds. The minimum Gasteiger partial charge on any atom is -0.381 e. The first-order chi connectivity index (χ1) is 11.8. The molecule has 0 aromatic heterocycles. The van der Waals surface area contributed by atoms with E-state index < -0.39 is 30.1 Å². The number of para-hydroxylation sites is 1. The number of likely N-dealkylation sites (tertiary alicyclic amines) is 1. The number of hydrogen-bond acceptors (Lipinski definition) is 2. The minimum absolute atomic E-state index is 0.157. The fraction of sp³-hybridized carbons (Fsp3) is 0.611. The molecule has 3 rings (SSSR count). The lowest BCUT2D eigenvalue weighted by atomic mass is 9.71. The summed E-state index contributed by atoms with van der Waals surface area (Å²) in [6, 6.07) is 8.94. The van der Waals surface area contributed by atoms with Crippen molar-refractivity contribution >= 4 is 11.6 Å². The van der Waals surface area contributed by atoms with Crippen LogP contribution in [0.15, 0.2) is 30.3 Å². The second-order valence-electron chi connectivity index (χ2n) is 7.10. The Balaban J connectivity index is 1.79. The molecule has 1 saturated carbocycles. The topological polar surface area (TPSA) is 57.2 Å². The number of piperidine rings is 1. The second-order valence-corrected chi connectivity index (χ2v) is 7.10. The average molecular weight is 357 g/mol. The largest absolute Gasteiger partial charge is 0.397 e. The number of halogens is 3. The molecule has 25 heavy (non-hydrogen) atoms. The molecule has 4 nitrogen and oxygen atoms in total. The number of carbonyl (C=O) groups excluding carboxylic acids is 1. The summed E-state index contributed by atoms with van der Waals surface area (Å²) in [5.74, 6) is -0.920. The van der Waals surface area contributed by atoms with Crippen LogP contribution in [0, 0.1) is 0 Å². The van der Waals surface area contributed by atoms with Gasteiger partial charge < -0.3 is 15.3 Å². The van der Waals surface area contributed by atoms with E-state index in [1.807, 2.05) is 35.6 Å². The molecule has 1 aromatic rings. The van der Waals surface area contributed by atoms with E-state index in [9.17, 15) is 23.1 Å². The molecule has 0 radical (unpaired) electrons. The van der Waals surface area contributed by atoms with E-state index in [4.69, 9.17) is 0 Å². The number of quaternary nitrogens is 1. The monoisotopic (exact) mass is 357 g/mol. The first kappa shape index (κ1) is 18.2. The number of aliphatic hydroxyl groups is 1. The van der Waals surface area contributed by atoms with Gasteiger partial charge in [0.15, 0.2) is 0 Å². The van der Waals surface area contributed by atoms with Gasteiger partial charge in [0.25, 0.3) is 0 Å². The van der Waals surface area contributed by atoms with E-state index >= 15 is 0 Å². The third kappa shape index (κ3) is 3.98. The summed E-state index contributed by atoms with van der Waals surface area (Å²) in [4.78, 5) is 13.4. The van der Waals surface area contributed by atoms with Crippen molar-refractivity contribution in [2.45, 2.75) is 62.4 Å². The zero-order valence-electron chi connectivity index (χ0n) is 14.0. The van der Waals surface area contributed by atoms with Crippen molar-refractivity contribution in [3.05, 3.63) is 30.3 Å².